The fraction of sp³-hybridized carbons (Fsp3) is 0. The predicted molar refractivity (Wildman–Crippen MR) is 69.8 cm³/mol. The van der Waals surface area contributed by atoms with Gasteiger partial charge >= 0.3 is 0 Å². The van der Waals surface area contributed by atoms with Crippen molar-refractivity contribution in [1.29, 1.82) is 0 Å². The molecule has 0 saturated carbocycles. The normalized spacial score (nSPS) is 10.3. The van der Waals surface area contributed by atoms with Gasteiger partial charge in [-0.15, -0.1) is 11.3 Å². The van der Waals surface area contributed by atoms with Gasteiger partial charge in [-0.25, -0.2) is 9.97 Å². The summed E-state index contributed by atoms with van der Waals surface area (Å²) in [5, 5.41) is 4.52. The highest BCUT2D eigenvalue weighted by Gasteiger charge is 2.19. The Balaban J connectivity index is 1.87. The van der Waals surface area contributed by atoms with Gasteiger partial charge in [0.15, 0.2) is 23.7 Å². The Labute approximate surface area is 112 Å². The highest BCUT2D eigenvalue weighted by atomic mass is 32.1. The highest BCUT2D eigenvalue weighted by molar-refractivity contribution is 7.13. The van der Waals surface area contributed by atoms with Gasteiger partial charge in [-0.2, -0.15) is 0 Å². The molecule has 0 fully saturated rings. The molecule has 0 aliphatic carbocycles. The number of oxazole rings is 1. The van der Waals surface area contributed by atoms with Crippen LogP contribution in [-0.4, -0.2) is 20.9 Å². The number of rotatable bonds is 3. The summed E-state index contributed by atoms with van der Waals surface area (Å²) in [5.41, 5.74) is 0.230. The number of anilines is 1. The predicted octanol–water partition coefficient (Wildman–Crippen LogP) is 2.45. The van der Waals surface area contributed by atoms with Crippen LogP contribution in [0.1, 0.15) is 10.5 Å². The molecule has 0 aliphatic heterocycles. The van der Waals surface area contributed by atoms with Crippen LogP contribution in [0.4, 0.5) is 5.82 Å². The Morgan fingerprint density at radius 1 is 1.32 bits per heavy atom. The Morgan fingerprint density at radius 3 is 3.00 bits per heavy atom. The molecule has 0 atom stereocenters. The quantitative estimate of drug-likeness (QED) is 0.792. The number of nitrogens with zero attached hydrogens (tertiary/aromatic N) is 3. The van der Waals surface area contributed by atoms with Gasteiger partial charge in [0.2, 0.25) is 0 Å². The smallest absolute Gasteiger partial charge is 0.279 e. The van der Waals surface area contributed by atoms with Crippen LogP contribution in [0.25, 0.3) is 10.6 Å². The highest BCUT2D eigenvalue weighted by Crippen LogP contribution is 2.27. The van der Waals surface area contributed by atoms with E-state index in [-0.39, 0.29) is 11.6 Å². The molecular formula is C12H8N4O2S. The minimum atomic E-state index is -0.377. The summed E-state index contributed by atoms with van der Waals surface area (Å²) in [7, 11) is 0. The zero-order valence-electron chi connectivity index (χ0n) is 9.61. The molecule has 3 heterocycles. The molecule has 1 N–H and O–H groups in total. The fourth-order valence-corrected chi connectivity index (χ4v) is 2.24. The second-order valence-corrected chi connectivity index (χ2v) is 4.50. The SMILES string of the molecule is O=C(Nc1cnccn1)c1ncoc1-c1cccs1. The third-order valence-electron chi connectivity index (χ3n) is 2.33. The average molecular weight is 272 g/mol. The Hall–Kier alpha value is -2.54. The Morgan fingerprint density at radius 2 is 2.26 bits per heavy atom. The summed E-state index contributed by atoms with van der Waals surface area (Å²) >= 11 is 1.48. The van der Waals surface area contributed by atoms with E-state index in [0.29, 0.717) is 11.6 Å². The van der Waals surface area contributed by atoms with Gasteiger partial charge in [0.05, 0.1) is 11.1 Å². The van der Waals surface area contributed by atoms with Crippen molar-refractivity contribution in [2.24, 2.45) is 0 Å². The van der Waals surface area contributed by atoms with E-state index in [4.69, 9.17) is 4.42 Å². The maximum absolute atomic E-state index is 12.1. The summed E-state index contributed by atoms with van der Waals surface area (Å²) in [4.78, 5) is 24.7. The minimum Gasteiger partial charge on any atom is -0.442 e. The molecule has 3 rings (SSSR count). The third-order valence-corrected chi connectivity index (χ3v) is 3.20. The summed E-state index contributed by atoms with van der Waals surface area (Å²) in [6.07, 6.45) is 5.74. The van der Waals surface area contributed by atoms with Gasteiger partial charge in [0, 0.05) is 12.4 Å². The summed E-state index contributed by atoms with van der Waals surface area (Å²) < 4.78 is 5.27. The molecule has 0 radical (unpaired) electrons. The van der Waals surface area contributed by atoms with E-state index in [1.54, 1.807) is 0 Å². The van der Waals surface area contributed by atoms with Crippen LogP contribution in [0.15, 0.2) is 46.9 Å². The number of hydrogen-bond acceptors (Lipinski definition) is 6. The van der Waals surface area contributed by atoms with Crippen molar-refractivity contribution in [1.82, 2.24) is 15.0 Å². The van der Waals surface area contributed by atoms with E-state index >= 15 is 0 Å². The van der Waals surface area contributed by atoms with Crippen LogP contribution in [-0.2, 0) is 0 Å². The van der Waals surface area contributed by atoms with Crippen molar-refractivity contribution in [2.75, 3.05) is 5.32 Å². The number of aromatic nitrogens is 3. The number of carbonyl (C=O) groups is 1. The lowest BCUT2D eigenvalue weighted by Crippen LogP contribution is -2.14. The molecule has 3 aromatic heterocycles. The third kappa shape index (κ3) is 2.36. The maximum Gasteiger partial charge on any atom is 0.279 e. The molecule has 7 heteroatoms. The first-order valence-corrected chi connectivity index (χ1v) is 6.27. The molecule has 3 aromatic rings. The molecule has 0 spiro atoms. The van der Waals surface area contributed by atoms with Crippen molar-refractivity contribution in [3.63, 3.8) is 0 Å². The molecule has 19 heavy (non-hydrogen) atoms. The molecule has 94 valence electrons. The van der Waals surface area contributed by atoms with E-state index in [2.05, 4.69) is 20.3 Å². The molecular weight excluding hydrogens is 264 g/mol. The van der Waals surface area contributed by atoms with Crippen LogP contribution in [0.5, 0.6) is 0 Å². The van der Waals surface area contributed by atoms with Crippen LogP contribution >= 0.6 is 11.3 Å². The summed E-state index contributed by atoms with van der Waals surface area (Å²) in [5.74, 6) is 0.446. The van der Waals surface area contributed by atoms with E-state index in [0.717, 1.165) is 4.88 Å². The van der Waals surface area contributed by atoms with Gasteiger partial charge in [-0.1, -0.05) is 6.07 Å². The molecule has 0 saturated heterocycles. The topological polar surface area (TPSA) is 80.9 Å². The second-order valence-electron chi connectivity index (χ2n) is 3.55. The molecule has 1 amide bonds. The molecule has 6 nitrogen and oxygen atoms in total. The summed E-state index contributed by atoms with van der Waals surface area (Å²) in [6, 6.07) is 3.75. The van der Waals surface area contributed by atoms with Crippen molar-refractivity contribution < 1.29 is 9.21 Å². The van der Waals surface area contributed by atoms with Crippen molar-refractivity contribution in [3.05, 3.63) is 48.2 Å². The van der Waals surface area contributed by atoms with Crippen LogP contribution in [0, 0.1) is 0 Å². The maximum atomic E-state index is 12.1. The number of carbonyl (C=O) groups excluding carboxylic acids is 1. The zero-order chi connectivity index (χ0) is 13.1. The summed E-state index contributed by atoms with van der Waals surface area (Å²) in [6.45, 7) is 0. The Kier molecular flexibility index (Phi) is 3.03. The van der Waals surface area contributed by atoms with Gasteiger partial charge in [0.25, 0.3) is 5.91 Å². The van der Waals surface area contributed by atoms with Crippen molar-refractivity contribution in [3.8, 4) is 10.6 Å². The lowest BCUT2D eigenvalue weighted by molar-refractivity contribution is 0.102. The lowest BCUT2D eigenvalue weighted by Gasteiger charge is -2.01. The van der Waals surface area contributed by atoms with E-state index < -0.39 is 0 Å². The number of nitrogens with one attached hydrogen (secondary N) is 1. The lowest BCUT2D eigenvalue weighted by atomic mass is 10.3. The van der Waals surface area contributed by atoms with Crippen molar-refractivity contribution in [2.45, 2.75) is 0 Å². The second kappa shape index (κ2) is 4.99. The average Bonchev–Trinajstić information content (AvgIpc) is 3.10. The number of hydrogen-bond donors (Lipinski definition) is 1. The first-order chi connectivity index (χ1) is 9.34. The largest absolute Gasteiger partial charge is 0.442 e. The number of thiophene rings is 1. The minimum absolute atomic E-state index is 0.230. The first-order valence-electron chi connectivity index (χ1n) is 5.39. The molecule has 0 aliphatic rings. The first kappa shape index (κ1) is 11.5. The van der Waals surface area contributed by atoms with Gasteiger partial charge in [0.1, 0.15) is 0 Å². The van der Waals surface area contributed by atoms with E-state index in [9.17, 15) is 4.79 Å². The zero-order valence-corrected chi connectivity index (χ0v) is 10.4. The fourth-order valence-electron chi connectivity index (χ4n) is 1.53. The van der Waals surface area contributed by atoms with E-state index in [1.165, 1.54) is 36.3 Å². The monoisotopic (exact) mass is 272 g/mol. The van der Waals surface area contributed by atoms with Gasteiger partial charge < -0.3 is 9.73 Å². The van der Waals surface area contributed by atoms with Crippen LogP contribution in [0.3, 0.4) is 0 Å². The molecule has 0 unspecified atom stereocenters. The Bertz CT molecular complexity index is 679. The van der Waals surface area contributed by atoms with Gasteiger partial charge in [-0.3, -0.25) is 9.78 Å². The van der Waals surface area contributed by atoms with Crippen LogP contribution in [0.2, 0.25) is 0 Å². The van der Waals surface area contributed by atoms with Crippen LogP contribution < -0.4 is 5.32 Å². The van der Waals surface area contributed by atoms with E-state index in [1.807, 2.05) is 17.5 Å². The molecule has 0 bridgehead atoms. The number of amides is 1. The van der Waals surface area contributed by atoms with Crippen molar-refractivity contribution >= 4 is 23.1 Å². The standard InChI is InChI=1S/C12H8N4O2S/c17-12(16-9-6-13-3-4-14-9)10-11(18-7-15-10)8-2-1-5-19-8/h1-7H,(H,14,16,17). The molecule has 0 aromatic carbocycles. The van der Waals surface area contributed by atoms with Gasteiger partial charge in [-0.05, 0) is 11.4 Å².